The smallest absolute Gasteiger partial charge is 0.257 e. The maximum atomic E-state index is 14.3. The molecule has 1 aliphatic heterocycles. The zero-order valence-electron chi connectivity index (χ0n) is 15.6. The molecule has 1 saturated heterocycles. The maximum absolute atomic E-state index is 14.3. The number of ether oxygens (including phenoxy) is 2. The van der Waals surface area contributed by atoms with Gasteiger partial charge in [-0.05, 0) is 44.0 Å². The summed E-state index contributed by atoms with van der Waals surface area (Å²) in [5, 5.41) is 0. The molecule has 0 radical (unpaired) electrons. The molecule has 3 rings (SSSR count). The standard InChI is InChI=1S/C21H24FNO3/c1-13-5-6-14(2)18(9-13)20-11-23(15(3)12-26-20)21(24)17-8-7-16(25-4)10-19(17)22/h5-10,15,20H,11-12H2,1-4H3. The number of morpholine rings is 1. The van der Waals surface area contributed by atoms with Gasteiger partial charge >= 0.3 is 0 Å². The molecule has 2 atom stereocenters. The summed E-state index contributed by atoms with van der Waals surface area (Å²) in [6.07, 6.45) is -0.212. The van der Waals surface area contributed by atoms with Gasteiger partial charge in [-0.2, -0.15) is 0 Å². The quantitative estimate of drug-likeness (QED) is 0.832. The van der Waals surface area contributed by atoms with Crippen molar-refractivity contribution >= 4 is 5.91 Å². The van der Waals surface area contributed by atoms with E-state index >= 15 is 0 Å². The topological polar surface area (TPSA) is 38.8 Å². The van der Waals surface area contributed by atoms with Crippen LogP contribution in [0.2, 0.25) is 0 Å². The van der Waals surface area contributed by atoms with Crippen LogP contribution in [0, 0.1) is 19.7 Å². The minimum absolute atomic E-state index is 0.0549. The Hall–Kier alpha value is -2.40. The number of halogens is 1. The Labute approximate surface area is 153 Å². The number of hydrogen-bond donors (Lipinski definition) is 0. The monoisotopic (exact) mass is 357 g/mol. The van der Waals surface area contributed by atoms with Crippen molar-refractivity contribution < 1.29 is 18.7 Å². The van der Waals surface area contributed by atoms with Crippen molar-refractivity contribution in [2.24, 2.45) is 0 Å². The predicted octanol–water partition coefficient (Wildman–Crippen LogP) is 4.05. The second-order valence-corrected chi connectivity index (χ2v) is 6.83. The van der Waals surface area contributed by atoms with Crippen LogP contribution in [0.3, 0.4) is 0 Å². The highest BCUT2D eigenvalue weighted by atomic mass is 19.1. The van der Waals surface area contributed by atoms with Crippen molar-refractivity contribution in [1.82, 2.24) is 4.90 Å². The number of nitrogens with zero attached hydrogens (tertiary/aromatic N) is 1. The zero-order valence-corrected chi connectivity index (χ0v) is 15.6. The van der Waals surface area contributed by atoms with Crippen LogP contribution < -0.4 is 4.74 Å². The number of carbonyl (C=O) groups is 1. The molecule has 0 N–H and O–H groups in total. The van der Waals surface area contributed by atoms with Gasteiger partial charge in [0.2, 0.25) is 0 Å². The highest BCUT2D eigenvalue weighted by molar-refractivity contribution is 5.95. The summed E-state index contributed by atoms with van der Waals surface area (Å²) in [5.41, 5.74) is 3.40. The van der Waals surface area contributed by atoms with Gasteiger partial charge in [0.05, 0.1) is 31.9 Å². The number of carbonyl (C=O) groups excluding carboxylic acids is 1. The van der Waals surface area contributed by atoms with Crippen LogP contribution >= 0.6 is 0 Å². The van der Waals surface area contributed by atoms with Crippen LogP contribution in [0.15, 0.2) is 36.4 Å². The summed E-state index contributed by atoms with van der Waals surface area (Å²) in [4.78, 5) is 14.6. The first kappa shape index (κ1) is 18.4. The minimum Gasteiger partial charge on any atom is -0.497 e. The molecule has 0 bridgehead atoms. The molecule has 4 nitrogen and oxygen atoms in total. The van der Waals surface area contributed by atoms with E-state index in [1.54, 1.807) is 11.0 Å². The van der Waals surface area contributed by atoms with Crippen molar-refractivity contribution in [3.8, 4) is 5.75 Å². The van der Waals surface area contributed by atoms with Gasteiger partial charge in [-0.1, -0.05) is 23.8 Å². The van der Waals surface area contributed by atoms with Crippen LogP contribution in [0.4, 0.5) is 4.39 Å². The lowest BCUT2D eigenvalue weighted by molar-refractivity contribution is -0.0490. The lowest BCUT2D eigenvalue weighted by atomic mass is 9.98. The van der Waals surface area contributed by atoms with Crippen LogP contribution in [0.1, 0.15) is 40.1 Å². The van der Waals surface area contributed by atoms with Crippen LogP contribution in [-0.2, 0) is 4.74 Å². The van der Waals surface area contributed by atoms with Crippen molar-refractivity contribution in [3.05, 3.63) is 64.5 Å². The van der Waals surface area contributed by atoms with Crippen molar-refractivity contribution in [3.63, 3.8) is 0 Å². The summed E-state index contributed by atoms with van der Waals surface area (Å²) < 4.78 is 25.3. The fourth-order valence-electron chi connectivity index (χ4n) is 3.29. The Morgan fingerprint density at radius 3 is 2.69 bits per heavy atom. The van der Waals surface area contributed by atoms with E-state index < -0.39 is 5.82 Å². The lowest BCUT2D eigenvalue weighted by Crippen LogP contribution is -2.48. The normalized spacial score (nSPS) is 20.1. The molecule has 5 heteroatoms. The molecular weight excluding hydrogens is 333 g/mol. The largest absolute Gasteiger partial charge is 0.497 e. The molecule has 138 valence electrons. The Balaban J connectivity index is 1.86. The van der Waals surface area contributed by atoms with Crippen LogP contribution in [0.5, 0.6) is 5.75 Å². The van der Waals surface area contributed by atoms with Crippen molar-refractivity contribution in [2.45, 2.75) is 32.9 Å². The lowest BCUT2D eigenvalue weighted by Gasteiger charge is -2.38. The number of methoxy groups -OCH3 is 1. The third-order valence-corrected chi connectivity index (χ3v) is 4.88. The predicted molar refractivity (Wildman–Crippen MR) is 98.1 cm³/mol. The van der Waals surface area contributed by atoms with Crippen LogP contribution in [-0.4, -0.2) is 37.1 Å². The molecule has 2 aromatic rings. The Bertz CT molecular complexity index is 821. The van der Waals surface area contributed by atoms with E-state index in [9.17, 15) is 9.18 Å². The SMILES string of the molecule is COc1ccc(C(=O)N2CC(c3cc(C)ccc3C)OCC2C)c(F)c1. The number of rotatable bonds is 3. The van der Waals surface area contributed by atoms with Crippen molar-refractivity contribution in [1.29, 1.82) is 0 Å². The van der Waals surface area contributed by atoms with E-state index in [2.05, 4.69) is 18.2 Å². The summed E-state index contributed by atoms with van der Waals surface area (Å²) in [6.45, 7) is 6.80. The zero-order chi connectivity index (χ0) is 18.8. The van der Waals surface area contributed by atoms with Gasteiger partial charge in [-0.15, -0.1) is 0 Å². The number of amides is 1. The number of aryl methyl sites for hydroxylation is 2. The summed E-state index contributed by atoms with van der Waals surface area (Å²) in [7, 11) is 1.47. The average Bonchev–Trinajstić information content (AvgIpc) is 2.63. The molecule has 1 fully saturated rings. The van der Waals surface area contributed by atoms with E-state index in [0.717, 1.165) is 16.7 Å². The minimum atomic E-state index is -0.573. The highest BCUT2D eigenvalue weighted by Gasteiger charge is 2.32. The molecule has 2 aromatic carbocycles. The molecule has 0 spiro atoms. The first-order valence-electron chi connectivity index (χ1n) is 8.74. The molecule has 0 aromatic heterocycles. The summed E-state index contributed by atoms with van der Waals surface area (Å²) >= 11 is 0. The Morgan fingerprint density at radius 1 is 1.23 bits per heavy atom. The Morgan fingerprint density at radius 2 is 2.00 bits per heavy atom. The van der Waals surface area contributed by atoms with Gasteiger partial charge in [0, 0.05) is 6.07 Å². The molecule has 2 unspecified atom stereocenters. The molecule has 1 amide bonds. The van der Waals surface area contributed by atoms with Gasteiger partial charge in [-0.3, -0.25) is 4.79 Å². The Kier molecular flexibility index (Phi) is 5.28. The van der Waals surface area contributed by atoms with Crippen LogP contribution in [0.25, 0.3) is 0 Å². The van der Waals surface area contributed by atoms with Gasteiger partial charge in [0.15, 0.2) is 0 Å². The van der Waals surface area contributed by atoms with Gasteiger partial charge in [0.1, 0.15) is 17.7 Å². The van der Waals surface area contributed by atoms with Gasteiger partial charge in [0.25, 0.3) is 5.91 Å². The second-order valence-electron chi connectivity index (χ2n) is 6.83. The van der Waals surface area contributed by atoms with E-state index in [-0.39, 0.29) is 23.6 Å². The highest BCUT2D eigenvalue weighted by Crippen LogP contribution is 2.29. The number of benzene rings is 2. The van der Waals surface area contributed by atoms with E-state index in [1.807, 2.05) is 20.8 Å². The molecule has 0 saturated carbocycles. The molecular formula is C21H24FNO3. The molecule has 1 heterocycles. The van der Waals surface area contributed by atoms with Gasteiger partial charge in [-0.25, -0.2) is 4.39 Å². The molecule has 26 heavy (non-hydrogen) atoms. The first-order chi connectivity index (χ1) is 12.4. The molecule has 1 aliphatic rings. The number of hydrogen-bond acceptors (Lipinski definition) is 3. The van der Waals surface area contributed by atoms with Crippen molar-refractivity contribution in [2.75, 3.05) is 20.3 Å². The third kappa shape index (κ3) is 3.58. The second kappa shape index (κ2) is 7.46. The van der Waals surface area contributed by atoms with E-state index in [4.69, 9.17) is 9.47 Å². The third-order valence-electron chi connectivity index (χ3n) is 4.88. The molecule has 0 aliphatic carbocycles. The fraction of sp³-hybridized carbons (Fsp3) is 0.381. The van der Waals surface area contributed by atoms with E-state index in [1.165, 1.54) is 19.2 Å². The average molecular weight is 357 g/mol. The fourth-order valence-corrected chi connectivity index (χ4v) is 3.29. The van der Waals surface area contributed by atoms with Gasteiger partial charge < -0.3 is 14.4 Å². The summed E-state index contributed by atoms with van der Waals surface area (Å²) in [6, 6.07) is 10.4. The summed E-state index contributed by atoms with van der Waals surface area (Å²) in [5.74, 6) is -0.505. The maximum Gasteiger partial charge on any atom is 0.257 e. The van der Waals surface area contributed by atoms with E-state index in [0.29, 0.717) is 18.9 Å². The first-order valence-corrected chi connectivity index (χ1v) is 8.74.